The molecule has 1 saturated heterocycles. The third-order valence-corrected chi connectivity index (χ3v) is 4.09. The quantitative estimate of drug-likeness (QED) is 0.622. The average Bonchev–Trinajstić information content (AvgIpc) is 2.40. The number of nitrogens with one attached hydrogen (secondary N) is 1. The predicted octanol–water partition coefficient (Wildman–Crippen LogP) is 1.33. The van der Waals surface area contributed by atoms with Gasteiger partial charge in [-0.3, -0.25) is 0 Å². The van der Waals surface area contributed by atoms with E-state index in [0.717, 1.165) is 25.9 Å². The third kappa shape index (κ3) is 5.37. The average molecular weight is 301 g/mol. The van der Waals surface area contributed by atoms with E-state index in [1.54, 1.807) is 0 Å². The van der Waals surface area contributed by atoms with Crippen LogP contribution in [0.3, 0.4) is 0 Å². The molecule has 1 N–H and O–H groups in total. The molecular weight excluding hydrogens is 278 g/mol. The number of likely N-dealkylation sites (N-methyl/N-ethyl adjacent to an activating group) is 1. The van der Waals surface area contributed by atoms with Crippen LogP contribution in [0.15, 0.2) is 0 Å². The first kappa shape index (κ1) is 15.8. The minimum Gasteiger partial charge on any atom is -0.445 e. The summed E-state index contributed by atoms with van der Waals surface area (Å²) < 4.78 is 5.42. The Labute approximate surface area is 123 Å². The van der Waals surface area contributed by atoms with E-state index >= 15 is 0 Å². The lowest BCUT2D eigenvalue weighted by atomic mass is 9.93. The molecule has 0 radical (unpaired) electrons. The van der Waals surface area contributed by atoms with Crippen LogP contribution in [0.25, 0.3) is 0 Å². The molecule has 21 heavy (non-hydrogen) atoms. The Morgan fingerprint density at radius 1 is 1.24 bits per heavy atom. The Morgan fingerprint density at radius 2 is 1.95 bits per heavy atom. The predicted molar refractivity (Wildman–Crippen MR) is 74.3 cm³/mol. The summed E-state index contributed by atoms with van der Waals surface area (Å²) in [5.41, 5.74) is 0. The second-order valence-electron chi connectivity index (χ2n) is 5.88. The van der Waals surface area contributed by atoms with Crippen molar-refractivity contribution in [2.45, 2.75) is 56.8 Å². The molecule has 1 aliphatic carbocycles. The van der Waals surface area contributed by atoms with E-state index in [0.29, 0.717) is 25.7 Å². The Kier molecular flexibility index (Phi) is 5.60. The maximum Gasteiger partial charge on any atom is 0.407 e. The number of amides is 1. The van der Waals surface area contributed by atoms with Gasteiger partial charge in [0.25, 0.3) is 5.09 Å². The van der Waals surface area contributed by atoms with Crippen LogP contribution >= 0.6 is 0 Å². The number of carbonyl (C=O) groups is 1. The third-order valence-electron chi connectivity index (χ3n) is 4.09. The number of hydrogen-bond acceptors (Lipinski definition) is 6. The molecule has 2 aliphatic rings. The Morgan fingerprint density at radius 3 is 2.57 bits per heavy atom. The Bertz CT molecular complexity index is 371. The first-order valence-corrected chi connectivity index (χ1v) is 7.50. The van der Waals surface area contributed by atoms with E-state index in [4.69, 9.17) is 4.74 Å². The SMILES string of the molecule is CN1CCCC(OC(=O)N[C@H]2CC[C@H](O[N+](=O)[O-])CC2)C1. The van der Waals surface area contributed by atoms with E-state index < -0.39 is 5.09 Å². The smallest absolute Gasteiger partial charge is 0.407 e. The van der Waals surface area contributed by atoms with Gasteiger partial charge in [-0.25, -0.2) is 4.79 Å². The van der Waals surface area contributed by atoms with Gasteiger partial charge in [0.1, 0.15) is 12.2 Å². The van der Waals surface area contributed by atoms with E-state index in [9.17, 15) is 14.9 Å². The van der Waals surface area contributed by atoms with Crippen molar-refractivity contribution in [3.63, 3.8) is 0 Å². The summed E-state index contributed by atoms with van der Waals surface area (Å²) in [5, 5.41) is 12.4. The summed E-state index contributed by atoms with van der Waals surface area (Å²) in [7, 11) is 2.02. The number of nitrogens with zero attached hydrogens (tertiary/aromatic N) is 2. The fraction of sp³-hybridized carbons (Fsp3) is 0.923. The summed E-state index contributed by atoms with van der Waals surface area (Å²) in [6.07, 6.45) is 3.69. The van der Waals surface area contributed by atoms with Crippen molar-refractivity contribution in [1.29, 1.82) is 0 Å². The molecule has 0 bridgehead atoms. The number of hydrogen-bond donors (Lipinski definition) is 1. The fourth-order valence-electron chi connectivity index (χ4n) is 3.00. The molecule has 2 fully saturated rings. The monoisotopic (exact) mass is 301 g/mol. The van der Waals surface area contributed by atoms with Gasteiger partial charge in [0.05, 0.1) is 0 Å². The maximum atomic E-state index is 11.9. The van der Waals surface area contributed by atoms with Crippen molar-refractivity contribution >= 4 is 6.09 Å². The first-order valence-electron chi connectivity index (χ1n) is 7.50. The Balaban J connectivity index is 1.66. The fourth-order valence-corrected chi connectivity index (χ4v) is 3.00. The van der Waals surface area contributed by atoms with Crippen molar-refractivity contribution in [3.05, 3.63) is 10.1 Å². The molecule has 1 aliphatic heterocycles. The molecule has 0 aromatic heterocycles. The summed E-state index contributed by atoms with van der Waals surface area (Å²) in [6, 6.07) is 0.0189. The van der Waals surface area contributed by atoms with Crippen molar-refractivity contribution in [3.8, 4) is 0 Å². The normalized spacial score (nSPS) is 30.4. The minimum absolute atomic E-state index is 0.0189. The zero-order chi connectivity index (χ0) is 15.2. The van der Waals surface area contributed by atoms with Crippen molar-refractivity contribution in [1.82, 2.24) is 10.2 Å². The second kappa shape index (κ2) is 7.44. The van der Waals surface area contributed by atoms with E-state index in [1.165, 1.54) is 0 Å². The molecular formula is C13H23N3O5. The number of piperidine rings is 1. The first-order chi connectivity index (χ1) is 10.0. The van der Waals surface area contributed by atoms with Gasteiger partial charge in [-0.2, -0.15) is 0 Å². The maximum absolute atomic E-state index is 11.9. The number of likely N-dealkylation sites (tertiary alicyclic amines) is 1. The zero-order valence-electron chi connectivity index (χ0n) is 12.3. The van der Waals surface area contributed by atoms with Crippen LogP contribution in [-0.4, -0.2) is 54.5 Å². The van der Waals surface area contributed by atoms with Gasteiger partial charge in [-0.05, 0) is 52.1 Å². The molecule has 1 saturated carbocycles. The second-order valence-corrected chi connectivity index (χ2v) is 5.88. The van der Waals surface area contributed by atoms with E-state index in [2.05, 4.69) is 15.1 Å². The highest BCUT2D eigenvalue weighted by Gasteiger charge is 2.26. The molecule has 8 nitrogen and oxygen atoms in total. The highest BCUT2D eigenvalue weighted by atomic mass is 17.0. The lowest BCUT2D eigenvalue weighted by molar-refractivity contribution is -0.769. The lowest BCUT2D eigenvalue weighted by Gasteiger charge is -2.31. The summed E-state index contributed by atoms with van der Waals surface area (Å²) >= 11 is 0. The summed E-state index contributed by atoms with van der Waals surface area (Å²) in [5.74, 6) is 0. The van der Waals surface area contributed by atoms with Gasteiger partial charge < -0.3 is 19.8 Å². The highest BCUT2D eigenvalue weighted by molar-refractivity contribution is 5.67. The van der Waals surface area contributed by atoms with Gasteiger partial charge >= 0.3 is 6.09 Å². The molecule has 0 aromatic carbocycles. The molecule has 8 heteroatoms. The molecule has 1 amide bonds. The molecule has 120 valence electrons. The standard InChI is InChI=1S/C13H23N3O5/c1-15-8-2-3-12(9-15)20-13(17)14-10-4-6-11(7-5-10)21-16(18)19/h10-12H,2-9H2,1H3,(H,14,17)/t10-,11-,12?. The molecule has 2 rings (SSSR count). The van der Waals surface area contributed by atoms with Crippen LogP contribution in [0.2, 0.25) is 0 Å². The molecule has 0 spiro atoms. The minimum atomic E-state index is -0.744. The van der Waals surface area contributed by atoms with Gasteiger partial charge in [0.15, 0.2) is 0 Å². The van der Waals surface area contributed by atoms with Crippen molar-refractivity contribution < 1.29 is 19.5 Å². The Hall–Kier alpha value is -1.57. The van der Waals surface area contributed by atoms with E-state index in [-0.39, 0.29) is 24.3 Å². The van der Waals surface area contributed by atoms with Crippen LogP contribution < -0.4 is 5.32 Å². The largest absolute Gasteiger partial charge is 0.445 e. The van der Waals surface area contributed by atoms with Gasteiger partial charge in [0, 0.05) is 12.6 Å². The zero-order valence-corrected chi connectivity index (χ0v) is 12.3. The molecule has 0 aromatic rings. The van der Waals surface area contributed by atoms with E-state index in [1.807, 2.05) is 7.05 Å². The van der Waals surface area contributed by atoms with Crippen molar-refractivity contribution in [2.24, 2.45) is 0 Å². The van der Waals surface area contributed by atoms with Crippen LogP contribution in [0.5, 0.6) is 0 Å². The van der Waals surface area contributed by atoms with Crippen molar-refractivity contribution in [2.75, 3.05) is 20.1 Å². The van der Waals surface area contributed by atoms with Gasteiger partial charge in [0.2, 0.25) is 0 Å². The number of rotatable bonds is 4. The lowest BCUT2D eigenvalue weighted by Crippen LogP contribution is -2.44. The molecule has 1 unspecified atom stereocenters. The number of alkyl carbamates (subject to hydrolysis) is 1. The number of carbonyl (C=O) groups excluding carboxylic acids is 1. The highest BCUT2D eigenvalue weighted by Crippen LogP contribution is 2.21. The topological polar surface area (TPSA) is 93.9 Å². The van der Waals surface area contributed by atoms with Gasteiger partial charge in [-0.1, -0.05) is 0 Å². The van der Waals surface area contributed by atoms with Crippen LogP contribution in [-0.2, 0) is 9.57 Å². The van der Waals surface area contributed by atoms with Crippen LogP contribution in [0, 0.1) is 10.1 Å². The molecule has 1 heterocycles. The summed E-state index contributed by atoms with van der Waals surface area (Å²) in [6.45, 7) is 1.82. The summed E-state index contributed by atoms with van der Waals surface area (Å²) in [4.78, 5) is 28.8. The van der Waals surface area contributed by atoms with Gasteiger partial charge in [-0.15, -0.1) is 10.1 Å². The van der Waals surface area contributed by atoms with Crippen LogP contribution in [0.4, 0.5) is 4.79 Å². The molecule has 1 atom stereocenters. The number of ether oxygens (including phenoxy) is 1. The van der Waals surface area contributed by atoms with Crippen LogP contribution in [0.1, 0.15) is 38.5 Å².